The quantitative estimate of drug-likeness (QED) is 0.220. The van der Waals surface area contributed by atoms with Crippen molar-refractivity contribution >= 4 is 11.6 Å². The van der Waals surface area contributed by atoms with Crippen molar-refractivity contribution in [3.63, 3.8) is 0 Å². The molecule has 0 atom stereocenters. The number of piperazine rings is 1. The molecule has 1 saturated heterocycles. The molecule has 1 aliphatic rings. The van der Waals surface area contributed by atoms with Crippen LogP contribution in [0.25, 0.3) is 0 Å². The first-order chi connectivity index (χ1) is 20.9. The first-order valence-corrected chi connectivity index (χ1v) is 14.8. The van der Waals surface area contributed by atoms with Crippen molar-refractivity contribution in [1.29, 1.82) is 0 Å². The Morgan fingerprint density at radius 1 is 0.767 bits per heavy atom. The largest absolute Gasteiger partial charge is 0.380 e. The predicted molar refractivity (Wildman–Crippen MR) is 167 cm³/mol. The van der Waals surface area contributed by atoms with Crippen LogP contribution in [-0.4, -0.2) is 59.0 Å². The molecular formula is C34H38F2N6O. The van der Waals surface area contributed by atoms with Crippen molar-refractivity contribution in [1.82, 2.24) is 19.8 Å². The van der Waals surface area contributed by atoms with Gasteiger partial charge in [0.05, 0.1) is 11.7 Å². The minimum absolute atomic E-state index is 0.000733. The Hall–Kier alpha value is -4.21. The Morgan fingerprint density at radius 3 is 1.91 bits per heavy atom. The molecule has 3 aromatic carbocycles. The van der Waals surface area contributed by atoms with Gasteiger partial charge in [0.15, 0.2) is 0 Å². The topological polar surface area (TPSA) is 73.4 Å². The number of rotatable bonds is 11. The van der Waals surface area contributed by atoms with Gasteiger partial charge in [-0.25, -0.2) is 18.7 Å². The standard InChI is InChI=1S/C34H38F2N6O/c1-24(2)27-4-5-28(33(43)31(22-27)37-16-17-40-34-38-14-3-15-39-34)23-41-18-20-42(21-19-41)32(25-6-10-29(35)11-7-25)26-8-12-30(36)13-9-26/h3-15,22,24,32H,16-21,23H2,1-2H3,(H,37,43)(H,38,39,40). The van der Waals surface area contributed by atoms with E-state index in [4.69, 9.17) is 0 Å². The molecule has 43 heavy (non-hydrogen) atoms. The van der Waals surface area contributed by atoms with E-state index in [-0.39, 0.29) is 29.0 Å². The molecule has 1 fully saturated rings. The fraction of sp³-hybridized carbons (Fsp3) is 0.324. The summed E-state index contributed by atoms with van der Waals surface area (Å²) in [6, 6.07) is 20.7. The maximum atomic E-state index is 13.7. The number of hydrogen-bond acceptors (Lipinski definition) is 7. The molecule has 1 aliphatic heterocycles. The molecule has 9 heteroatoms. The number of halogens is 2. The molecule has 2 N–H and O–H groups in total. The first-order valence-electron chi connectivity index (χ1n) is 14.8. The highest BCUT2D eigenvalue weighted by molar-refractivity contribution is 5.48. The molecule has 5 rings (SSSR count). The van der Waals surface area contributed by atoms with Crippen molar-refractivity contribution in [3.8, 4) is 0 Å². The van der Waals surface area contributed by atoms with E-state index in [2.05, 4.69) is 50.3 Å². The number of anilines is 2. The van der Waals surface area contributed by atoms with Crippen LogP contribution < -0.4 is 16.1 Å². The number of aromatic nitrogens is 2. The molecule has 1 aromatic heterocycles. The smallest absolute Gasteiger partial charge is 0.222 e. The maximum Gasteiger partial charge on any atom is 0.222 e. The minimum atomic E-state index is -0.285. The van der Waals surface area contributed by atoms with Crippen LogP contribution in [0.2, 0.25) is 0 Å². The van der Waals surface area contributed by atoms with Crippen molar-refractivity contribution in [3.05, 3.63) is 129 Å². The lowest BCUT2D eigenvalue weighted by Gasteiger charge is -2.39. The third-order valence-electron chi connectivity index (χ3n) is 7.82. The lowest BCUT2D eigenvalue weighted by atomic mass is 9.96. The van der Waals surface area contributed by atoms with Gasteiger partial charge < -0.3 is 10.6 Å². The van der Waals surface area contributed by atoms with Crippen LogP contribution in [0.1, 0.15) is 48.1 Å². The van der Waals surface area contributed by atoms with E-state index in [1.54, 1.807) is 42.7 Å². The number of nitrogens with one attached hydrogen (secondary N) is 2. The molecule has 0 amide bonds. The van der Waals surface area contributed by atoms with E-state index in [0.29, 0.717) is 31.3 Å². The summed E-state index contributed by atoms with van der Waals surface area (Å²) in [7, 11) is 0. The van der Waals surface area contributed by atoms with Gasteiger partial charge in [0.1, 0.15) is 11.6 Å². The Kier molecular flexibility index (Phi) is 10.1. The van der Waals surface area contributed by atoms with E-state index < -0.39 is 0 Å². The second kappa shape index (κ2) is 14.3. The highest BCUT2D eigenvalue weighted by atomic mass is 19.1. The molecule has 0 radical (unpaired) electrons. The van der Waals surface area contributed by atoms with E-state index in [1.165, 1.54) is 24.3 Å². The fourth-order valence-corrected chi connectivity index (χ4v) is 5.43. The van der Waals surface area contributed by atoms with Crippen molar-refractivity contribution in [2.45, 2.75) is 32.4 Å². The van der Waals surface area contributed by atoms with Gasteiger partial charge in [0.2, 0.25) is 11.4 Å². The molecule has 2 heterocycles. The normalized spacial score (nSPS) is 14.3. The molecule has 0 unspecified atom stereocenters. The molecule has 0 aliphatic carbocycles. The van der Waals surface area contributed by atoms with E-state index in [9.17, 15) is 13.6 Å². The summed E-state index contributed by atoms with van der Waals surface area (Å²) < 4.78 is 27.4. The predicted octanol–water partition coefficient (Wildman–Crippen LogP) is 5.67. The zero-order valence-electron chi connectivity index (χ0n) is 24.6. The molecule has 0 bridgehead atoms. The minimum Gasteiger partial charge on any atom is -0.380 e. The maximum absolute atomic E-state index is 13.7. The zero-order chi connectivity index (χ0) is 30.2. The molecule has 4 aromatic rings. The van der Waals surface area contributed by atoms with Gasteiger partial charge in [-0.2, -0.15) is 0 Å². The van der Waals surface area contributed by atoms with Crippen molar-refractivity contribution in [2.24, 2.45) is 0 Å². The van der Waals surface area contributed by atoms with Crippen LogP contribution in [0, 0.1) is 11.6 Å². The Morgan fingerprint density at radius 2 is 1.33 bits per heavy atom. The van der Waals surface area contributed by atoms with Crippen LogP contribution in [0.3, 0.4) is 0 Å². The van der Waals surface area contributed by atoms with Gasteiger partial charge in [0.25, 0.3) is 0 Å². The summed E-state index contributed by atoms with van der Waals surface area (Å²) in [6.07, 6.45) is 3.37. The number of benzene rings is 2. The van der Waals surface area contributed by atoms with Crippen LogP contribution in [0.5, 0.6) is 0 Å². The lowest BCUT2D eigenvalue weighted by Crippen LogP contribution is -2.47. The van der Waals surface area contributed by atoms with Gasteiger partial charge in [0, 0.05) is 63.8 Å². The molecule has 0 spiro atoms. The van der Waals surface area contributed by atoms with Gasteiger partial charge >= 0.3 is 0 Å². The number of nitrogens with zero attached hydrogens (tertiary/aromatic N) is 4. The average Bonchev–Trinajstić information content (AvgIpc) is 3.17. The van der Waals surface area contributed by atoms with Crippen molar-refractivity contribution in [2.75, 3.05) is 49.9 Å². The second-order valence-corrected chi connectivity index (χ2v) is 11.1. The average molecular weight is 585 g/mol. The fourth-order valence-electron chi connectivity index (χ4n) is 5.43. The molecule has 224 valence electrons. The summed E-state index contributed by atoms with van der Waals surface area (Å²) in [6.45, 7) is 8.92. The Labute approximate surface area is 251 Å². The van der Waals surface area contributed by atoms with Gasteiger partial charge in [-0.05, 0) is 59.0 Å². The first kappa shape index (κ1) is 30.3. The Balaban J connectivity index is 1.28. The van der Waals surface area contributed by atoms with E-state index >= 15 is 0 Å². The molecule has 7 nitrogen and oxygen atoms in total. The summed E-state index contributed by atoms with van der Waals surface area (Å²) >= 11 is 0. The van der Waals surface area contributed by atoms with E-state index in [0.717, 1.165) is 48.4 Å². The molecular weight excluding hydrogens is 546 g/mol. The van der Waals surface area contributed by atoms with Crippen LogP contribution in [0.15, 0.2) is 90.0 Å². The SMILES string of the molecule is CC(C)c1ccc(CN2CCN(C(c3ccc(F)cc3)c3ccc(F)cc3)CC2)c(=O)c(NCCNc2ncccn2)c1. The highest BCUT2D eigenvalue weighted by Gasteiger charge is 2.27. The van der Waals surface area contributed by atoms with Gasteiger partial charge in [-0.15, -0.1) is 0 Å². The number of hydrogen-bond donors (Lipinski definition) is 2. The monoisotopic (exact) mass is 584 g/mol. The summed E-state index contributed by atoms with van der Waals surface area (Å²) in [5.41, 5.74) is 4.35. The van der Waals surface area contributed by atoms with Crippen molar-refractivity contribution < 1.29 is 8.78 Å². The lowest BCUT2D eigenvalue weighted by molar-refractivity contribution is 0.104. The van der Waals surface area contributed by atoms with E-state index in [1.807, 2.05) is 12.1 Å². The third-order valence-corrected chi connectivity index (χ3v) is 7.82. The van der Waals surface area contributed by atoms with Gasteiger partial charge in [-0.1, -0.05) is 50.2 Å². The van der Waals surface area contributed by atoms with Gasteiger partial charge in [-0.3, -0.25) is 14.6 Å². The Bertz CT molecular complexity index is 1480. The van der Waals surface area contributed by atoms with Crippen LogP contribution in [0.4, 0.5) is 20.4 Å². The van der Waals surface area contributed by atoms with Crippen LogP contribution in [-0.2, 0) is 6.54 Å². The molecule has 0 saturated carbocycles. The third kappa shape index (κ3) is 8.00. The summed E-state index contributed by atoms with van der Waals surface area (Å²) in [4.78, 5) is 26.7. The van der Waals surface area contributed by atoms with Crippen LogP contribution >= 0.6 is 0 Å². The summed E-state index contributed by atoms with van der Waals surface area (Å²) in [5.74, 6) is 0.252. The highest BCUT2D eigenvalue weighted by Crippen LogP contribution is 2.30. The second-order valence-electron chi connectivity index (χ2n) is 11.1. The zero-order valence-corrected chi connectivity index (χ0v) is 24.6. The summed E-state index contributed by atoms with van der Waals surface area (Å²) in [5, 5.41) is 6.50.